The largest absolute Gasteiger partial charge is 0.359 e. The number of aryl methyl sites for hydroxylation is 2. The molecule has 36 heavy (non-hydrogen) atoms. The van der Waals surface area contributed by atoms with Gasteiger partial charge in [-0.05, 0) is 54.4 Å². The van der Waals surface area contributed by atoms with Gasteiger partial charge in [0.1, 0.15) is 11.0 Å². The highest BCUT2D eigenvalue weighted by atomic mass is 19.2. The van der Waals surface area contributed by atoms with Crippen LogP contribution in [-0.2, 0) is 13.6 Å². The first-order valence-electron chi connectivity index (χ1n) is 10.6. The fourth-order valence-electron chi connectivity index (χ4n) is 3.73. The average molecular weight is 494 g/mol. The van der Waals surface area contributed by atoms with Crippen molar-refractivity contribution < 1.29 is 13.2 Å². The van der Waals surface area contributed by atoms with E-state index < -0.39 is 35.4 Å². The number of nitrogens with zero attached hydrogens (tertiary/aromatic N) is 7. The topological polar surface area (TPSA) is 113 Å². The van der Waals surface area contributed by atoms with Crippen LogP contribution in [0.2, 0.25) is 0 Å². The third kappa shape index (κ3) is 4.21. The standard InChI is InChI=1S/C23H17F3N8O2/c1-12-5-15(10-27-9-12)34-22(35)29-21(28-14-3-4-18-19(8-14)31-32(2)30-18)33(23(34)36)11-13-6-16(24)20(26)17(25)7-13/h3-10H,11H2,1-2H3,(H,28,29,35). The molecule has 1 N–H and O–H groups in total. The predicted molar refractivity (Wildman–Crippen MR) is 124 cm³/mol. The molecule has 0 bridgehead atoms. The molecule has 0 saturated carbocycles. The van der Waals surface area contributed by atoms with Crippen LogP contribution in [0.5, 0.6) is 0 Å². The fraction of sp³-hybridized carbons (Fsp3) is 0.130. The van der Waals surface area contributed by atoms with E-state index >= 15 is 0 Å². The zero-order valence-corrected chi connectivity index (χ0v) is 18.9. The Kier molecular flexibility index (Phi) is 5.59. The summed E-state index contributed by atoms with van der Waals surface area (Å²) in [4.78, 5) is 35.8. The van der Waals surface area contributed by atoms with E-state index in [1.54, 1.807) is 44.4 Å². The third-order valence-electron chi connectivity index (χ3n) is 5.31. The Morgan fingerprint density at radius 3 is 2.39 bits per heavy atom. The molecule has 13 heteroatoms. The lowest BCUT2D eigenvalue weighted by Gasteiger charge is -2.16. The van der Waals surface area contributed by atoms with Crippen molar-refractivity contribution in [3.05, 3.63) is 98.3 Å². The summed E-state index contributed by atoms with van der Waals surface area (Å²) in [6.07, 6.45) is 2.86. The van der Waals surface area contributed by atoms with E-state index in [1.165, 1.54) is 11.0 Å². The molecule has 0 fully saturated rings. The Labute approximate surface area is 200 Å². The first kappa shape index (κ1) is 23.0. The highest BCUT2D eigenvalue weighted by Crippen LogP contribution is 2.20. The summed E-state index contributed by atoms with van der Waals surface area (Å²) in [5.74, 6) is -4.65. The maximum atomic E-state index is 13.9. The Balaban J connectivity index is 1.67. The van der Waals surface area contributed by atoms with Crippen LogP contribution in [0.3, 0.4) is 0 Å². The molecule has 0 amide bonds. The van der Waals surface area contributed by atoms with Gasteiger partial charge in [0.2, 0.25) is 5.95 Å². The van der Waals surface area contributed by atoms with Gasteiger partial charge in [-0.1, -0.05) is 0 Å². The van der Waals surface area contributed by atoms with Crippen LogP contribution in [0.1, 0.15) is 11.1 Å². The summed E-state index contributed by atoms with van der Waals surface area (Å²) in [6.45, 7) is 1.31. The van der Waals surface area contributed by atoms with Crippen LogP contribution in [0.4, 0.5) is 24.8 Å². The monoisotopic (exact) mass is 494 g/mol. The molecule has 0 aliphatic heterocycles. The summed E-state index contributed by atoms with van der Waals surface area (Å²) >= 11 is 0. The fourth-order valence-corrected chi connectivity index (χ4v) is 3.73. The maximum absolute atomic E-state index is 13.9. The minimum absolute atomic E-state index is 0.0599. The third-order valence-corrected chi connectivity index (χ3v) is 5.31. The van der Waals surface area contributed by atoms with E-state index in [4.69, 9.17) is 0 Å². The van der Waals surface area contributed by atoms with Crippen LogP contribution in [0.25, 0.3) is 16.7 Å². The number of halogens is 3. The van der Waals surface area contributed by atoms with Gasteiger partial charge in [0.25, 0.3) is 0 Å². The number of aromatic nitrogens is 7. The molecular formula is C23H17F3N8O2. The number of anilines is 2. The van der Waals surface area contributed by atoms with Gasteiger partial charge in [-0.25, -0.2) is 27.3 Å². The average Bonchev–Trinajstić information content (AvgIpc) is 3.19. The van der Waals surface area contributed by atoms with Crippen molar-refractivity contribution in [1.82, 2.24) is 34.1 Å². The zero-order valence-electron chi connectivity index (χ0n) is 18.9. The van der Waals surface area contributed by atoms with Gasteiger partial charge in [0, 0.05) is 18.9 Å². The number of rotatable bonds is 5. The van der Waals surface area contributed by atoms with Crippen molar-refractivity contribution in [1.29, 1.82) is 0 Å². The summed E-state index contributed by atoms with van der Waals surface area (Å²) < 4.78 is 43.1. The van der Waals surface area contributed by atoms with E-state index in [0.29, 0.717) is 22.3 Å². The molecule has 0 aliphatic rings. The summed E-state index contributed by atoms with van der Waals surface area (Å²) in [5.41, 5.74) is 0.623. The normalized spacial score (nSPS) is 11.2. The minimum atomic E-state index is -1.63. The summed E-state index contributed by atoms with van der Waals surface area (Å²) in [7, 11) is 1.66. The molecule has 10 nitrogen and oxygen atoms in total. The molecule has 5 rings (SSSR count). The highest BCUT2D eigenvalue weighted by molar-refractivity contribution is 5.79. The van der Waals surface area contributed by atoms with Crippen molar-refractivity contribution >= 4 is 22.7 Å². The van der Waals surface area contributed by atoms with Crippen molar-refractivity contribution in [2.75, 3.05) is 5.32 Å². The zero-order chi connectivity index (χ0) is 25.6. The van der Waals surface area contributed by atoms with Gasteiger partial charge >= 0.3 is 11.4 Å². The number of benzene rings is 2. The SMILES string of the molecule is Cc1cncc(-n2c(=O)nc(Nc3ccc4nn(C)nc4c3)n(Cc3cc(F)c(F)c(F)c3)c2=O)c1. The van der Waals surface area contributed by atoms with Gasteiger partial charge < -0.3 is 5.32 Å². The Hall–Kier alpha value is -4.81. The van der Waals surface area contributed by atoms with Crippen LogP contribution in [-0.4, -0.2) is 34.1 Å². The van der Waals surface area contributed by atoms with Crippen LogP contribution in [0.15, 0.2) is 58.4 Å². The molecule has 0 spiro atoms. The second-order valence-corrected chi connectivity index (χ2v) is 8.03. The number of hydrogen-bond donors (Lipinski definition) is 1. The first-order valence-corrected chi connectivity index (χ1v) is 10.6. The van der Waals surface area contributed by atoms with E-state index in [-0.39, 0.29) is 17.2 Å². The van der Waals surface area contributed by atoms with E-state index in [9.17, 15) is 22.8 Å². The quantitative estimate of drug-likeness (QED) is 0.374. The van der Waals surface area contributed by atoms with Gasteiger partial charge in [-0.15, -0.1) is 0 Å². The smallest absolute Gasteiger partial charge is 0.325 e. The second kappa shape index (κ2) is 8.76. The van der Waals surface area contributed by atoms with Crippen LogP contribution >= 0.6 is 0 Å². The molecule has 0 saturated heterocycles. The molecule has 3 heterocycles. The van der Waals surface area contributed by atoms with Gasteiger partial charge in [-0.3, -0.25) is 9.55 Å². The van der Waals surface area contributed by atoms with E-state index in [0.717, 1.165) is 21.3 Å². The molecule has 182 valence electrons. The van der Waals surface area contributed by atoms with Crippen LogP contribution in [0, 0.1) is 24.4 Å². The van der Waals surface area contributed by atoms with Gasteiger partial charge in [-0.2, -0.15) is 20.0 Å². The second-order valence-electron chi connectivity index (χ2n) is 8.03. The Bertz CT molecular complexity index is 1740. The van der Waals surface area contributed by atoms with Crippen LogP contribution < -0.4 is 16.7 Å². The van der Waals surface area contributed by atoms with Crippen molar-refractivity contribution in [3.8, 4) is 5.69 Å². The summed E-state index contributed by atoms with van der Waals surface area (Å²) in [6, 6.07) is 8.05. The lowest BCUT2D eigenvalue weighted by molar-refractivity contribution is 0.444. The minimum Gasteiger partial charge on any atom is -0.325 e. The molecule has 5 aromatic rings. The highest BCUT2D eigenvalue weighted by Gasteiger charge is 2.18. The molecule has 0 unspecified atom stereocenters. The van der Waals surface area contributed by atoms with Gasteiger partial charge in [0.15, 0.2) is 17.5 Å². The number of fused-ring (bicyclic) bond motifs is 1. The molecular weight excluding hydrogens is 477 g/mol. The van der Waals surface area contributed by atoms with Crippen molar-refractivity contribution in [3.63, 3.8) is 0 Å². The summed E-state index contributed by atoms with van der Waals surface area (Å²) in [5, 5.41) is 11.3. The van der Waals surface area contributed by atoms with E-state index in [2.05, 4.69) is 25.5 Å². The molecule has 2 aromatic carbocycles. The number of nitrogens with one attached hydrogen (secondary N) is 1. The first-order chi connectivity index (χ1) is 17.2. The van der Waals surface area contributed by atoms with Gasteiger partial charge in [0.05, 0.1) is 18.4 Å². The number of hydrogen-bond acceptors (Lipinski definition) is 7. The Morgan fingerprint density at radius 2 is 1.67 bits per heavy atom. The maximum Gasteiger partial charge on any atom is 0.359 e. The molecule has 0 radical (unpaired) electrons. The Morgan fingerprint density at radius 1 is 0.944 bits per heavy atom. The molecule has 3 aromatic heterocycles. The lowest BCUT2D eigenvalue weighted by Crippen LogP contribution is -2.41. The predicted octanol–water partition coefficient (Wildman–Crippen LogP) is 2.59. The lowest BCUT2D eigenvalue weighted by atomic mass is 10.2. The van der Waals surface area contributed by atoms with Crippen molar-refractivity contribution in [2.24, 2.45) is 7.05 Å². The molecule has 0 atom stereocenters. The number of pyridine rings is 1. The molecule has 0 aliphatic carbocycles. The van der Waals surface area contributed by atoms with Crippen molar-refractivity contribution in [2.45, 2.75) is 13.5 Å². The van der Waals surface area contributed by atoms with E-state index in [1.807, 2.05) is 0 Å².